The minimum absolute atomic E-state index is 0.0836. The van der Waals surface area contributed by atoms with Gasteiger partial charge in [-0.1, -0.05) is 6.08 Å². The summed E-state index contributed by atoms with van der Waals surface area (Å²) in [6.45, 7) is 1.86. The first kappa shape index (κ1) is 11.7. The molecule has 0 saturated heterocycles. The third kappa shape index (κ3) is 3.35. The fraction of sp³-hybridized carbons (Fsp3) is 0.500. The maximum Gasteiger partial charge on any atom is 0.349 e. The molecule has 0 spiro atoms. The molecule has 0 radical (unpaired) electrons. The highest BCUT2D eigenvalue weighted by Gasteiger charge is 2.06. The average Bonchev–Trinajstić information content (AvgIpc) is 2.45. The van der Waals surface area contributed by atoms with Gasteiger partial charge in [0.05, 0.1) is 12.3 Å². The molecule has 0 bridgehead atoms. The monoisotopic (exact) mass is 231 g/mol. The van der Waals surface area contributed by atoms with Gasteiger partial charge < -0.3 is 0 Å². The topological polar surface area (TPSA) is 74.0 Å². The molecule has 0 saturated carbocycles. The van der Waals surface area contributed by atoms with Gasteiger partial charge in [-0.05, 0) is 6.92 Å². The van der Waals surface area contributed by atoms with Crippen LogP contribution in [0, 0.1) is 0 Å². The van der Waals surface area contributed by atoms with E-state index in [0.717, 1.165) is 10.9 Å². The fourth-order valence-electron chi connectivity index (χ4n) is 1.02. The summed E-state index contributed by atoms with van der Waals surface area (Å²) in [6, 6.07) is 0. The molecule has 0 amide bonds. The molecule has 1 aromatic rings. The molecule has 0 fully saturated rings. The quantitative estimate of drug-likeness (QED) is 0.705. The lowest BCUT2D eigenvalue weighted by Gasteiger charge is -1.96. The Kier molecular flexibility index (Phi) is 3.46. The summed E-state index contributed by atoms with van der Waals surface area (Å²) in [4.78, 5) is 11.5. The van der Waals surface area contributed by atoms with Crippen LogP contribution in [0.3, 0.4) is 0 Å². The van der Waals surface area contributed by atoms with E-state index in [1.807, 2.05) is 0 Å². The summed E-state index contributed by atoms with van der Waals surface area (Å²) in [5, 5.41) is 3.79. The Hall–Kier alpha value is -1.37. The summed E-state index contributed by atoms with van der Waals surface area (Å²) < 4.78 is 24.2. The van der Waals surface area contributed by atoms with Gasteiger partial charge in [0, 0.05) is 12.5 Å². The molecule has 1 aromatic heterocycles. The SMILES string of the molecule is C/C=C\n1cnn(CCS(C)(=O)=O)c1=O. The smallest absolute Gasteiger partial charge is 0.257 e. The third-order valence-corrected chi connectivity index (χ3v) is 2.66. The average molecular weight is 231 g/mol. The Morgan fingerprint density at radius 3 is 2.73 bits per heavy atom. The Morgan fingerprint density at radius 2 is 2.20 bits per heavy atom. The molecule has 0 N–H and O–H groups in total. The van der Waals surface area contributed by atoms with Crippen LogP contribution in [0.5, 0.6) is 0 Å². The summed E-state index contributed by atoms with van der Waals surface area (Å²) >= 11 is 0. The van der Waals surface area contributed by atoms with Crippen molar-refractivity contribution in [1.29, 1.82) is 0 Å². The van der Waals surface area contributed by atoms with Crippen LogP contribution >= 0.6 is 0 Å². The zero-order valence-electron chi connectivity index (χ0n) is 8.62. The van der Waals surface area contributed by atoms with Crippen LogP contribution in [0.25, 0.3) is 6.20 Å². The van der Waals surface area contributed by atoms with E-state index >= 15 is 0 Å². The first-order valence-corrected chi connectivity index (χ1v) is 6.44. The summed E-state index contributed by atoms with van der Waals surface area (Å²) in [7, 11) is -3.07. The molecule has 0 unspecified atom stereocenters. The molecule has 0 aliphatic rings. The molecule has 1 heterocycles. The standard InChI is InChI=1S/C8H13N3O3S/c1-3-4-10-7-9-11(8(10)12)5-6-15(2,13)14/h3-4,7H,5-6H2,1-2H3/b4-3-. The molecule has 1 rings (SSSR count). The van der Waals surface area contributed by atoms with E-state index in [1.54, 1.807) is 19.2 Å². The minimum atomic E-state index is -3.07. The van der Waals surface area contributed by atoms with Crippen molar-refractivity contribution < 1.29 is 8.42 Å². The van der Waals surface area contributed by atoms with Crippen LogP contribution in [0.2, 0.25) is 0 Å². The number of sulfone groups is 1. The van der Waals surface area contributed by atoms with Crippen LogP contribution in [0.4, 0.5) is 0 Å². The van der Waals surface area contributed by atoms with E-state index in [-0.39, 0.29) is 18.0 Å². The molecule has 7 heteroatoms. The van der Waals surface area contributed by atoms with Gasteiger partial charge in [-0.2, -0.15) is 5.10 Å². The van der Waals surface area contributed by atoms with Crippen molar-refractivity contribution in [3.63, 3.8) is 0 Å². The first-order chi connectivity index (χ1) is 6.94. The lowest BCUT2D eigenvalue weighted by Crippen LogP contribution is -2.25. The second-order valence-electron chi connectivity index (χ2n) is 3.16. The maximum absolute atomic E-state index is 11.5. The minimum Gasteiger partial charge on any atom is -0.257 e. The van der Waals surface area contributed by atoms with Crippen LogP contribution in [0.15, 0.2) is 17.2 Å². The number of nitrogens with zero attached hydrogens (tertiary/aromatic N) is 3. The van der Waals surface area contributed by atoms with E-state index in [0.29, 0.717) is 0 Å². The molecule has 0 aliphatic heterocycles. The maximum atomic E-state index is 11.5. The Morgan fingerprint density at radius 1 is 1.53 bits per heavy atom. The molecular weight excluding hydrogens is 218 g/mol. The van der Waals surface area contributed by atoms with Gasteiger partial charge in [-0.25, -0.2) is 17.9 Å². The molecular formula is C8H13N3O3S. The summed E-state index contributed by atoms with van der Waals surface area (Å²) in [5.74, 6) is -0.0836. The van der Waals surface area contributed by atoms with Crippen LogP contribution in [-0.2, 0) is 16.4 Å². The second kappa shape index (κ2) is 4.43. The number of hydrogen-bond donors (Lipinski definition) is 0. The van der Waals surface area contributed by atoms with E-state index in [1.165, 1.54) is 10.9 Å². The van der Waals surface area contributed by atoms with E-state index in [9.17, 15) is 13.2 Å². The van der Waals surface area contributed by atoms with Gasteiger partial charge in [-0.15, -0.1) is 0 Å². The lowest BCUT2D eigenvalue weighted by atomic mass is 10.7. The largest absolute Gasteiger partial charge is 0.349 e. The van der Waals surface area contributed by atoms with E-state index in [2.05, 4.69) is 5.10 Å². The molecule has 0 aliphatic carbocycles. The normalized spacial score (nSPS) is 12.4. The zero-order chi connectivity index (χ0) is 11.5. The number of hydrogen-bond acceptors (Lipinski definition) is 4. The predicted octanol–water partition coefficient (Wildman–Crippen LogP) is -0.420. The van der Waals surface area contributed by atoms with Crippen molar-refractivity contribution >= 4 is 16.0 Å². The predicted molar refractivity (Wildman–Crippen MR) is 57.2 cm³/mol. The highest BCUT2D eigenvalue weighted by Crippen LogP contribution is 1.87. The van der Waals surface area contributed by atoms with Crippen molar-refractivity contribution in [2.45, 2.75) is 13.5 Å². The van der Waals surface area contributed by atoms with Crippen molar-refractivity contribution in [2.75, 3.05) is 12.0 Å². The van der Waals surface area contributed by atoms with Crippen molar-refractivity contribution in [2.24, 2.45) is 0 Å². The number of aryl methyl sites for hydroxylation is 1. The highest BCUT2D eigenvalue weighted by molar-refractivity contribution is 7.90. The van der Waals surface area contributed by atoms with Gasteiger partial charge >= 0.3 is 5.69 Å². The van der Waals surface area contributed by atoms with Crippen LogP contribution in [0.1, 0.15) is 6.92 Å². The second-order valence-corrected chi connectivity index (χ2v) is 5.42. The zero-order valence-corrected chi connectivity index (χ0v) is 9.44. The Balaban J connectivity index is 2.85. The molecule has 0 atom stereocenters. The van der Waals surface area contributed by atoms with Crippen molar-refractivity contribution in [3.05, 3.63) is 22.9 Å². The molecule has 6 nitrogen and oxygen atoms in total. The van der Waals surface area contributed by atoms with Gasteiger partial charge in [-0.3, -0.25) is 4.57 Å². The van der Waals surface area contributed by atoms with Gasteiger partial charge in [0.1, 0.15) is 16.2 Å². The van der Waals surface area contributed by atoms with Crippen molar-refractivity contribution in [3.8, 4) is 0 Å². The lowest BCUT2D eigenvalue weighted by molar-refractivity contribution is 0.580. The summed E-state index contributed by atoms with van der Waals surface area (Å²) in [6.07, 6.45) is 5.74. The number of rotatable bonds is 4. The fourth-order valence-corrected chi connectivity index (χ4v) is 1.52. The molecule has 84 valence electrons. The van der Waals surface area contributed by atoms with Gasteiger partial charge in [0.2, 0.25) is 0 Å². The third-order valence-electron chi connectivity index (χ3n) is 1.74. The number of allylic oxidation sites excluding steroid dienone is 1. The molecule has 0 aromatic carbocycles. The van der Waals surface area contributed by atoms with E-state index in [4.69, 9.17) is 0 Å². The number of aromatic nitrogens is 3. The highest BCUT2D eigenvalue weighted by atomic mass is 32.2. The van der Waals surface area contributed by atoms with Crippen LogP contribution < -0.4 is 5.69 Å². The van der Waals surface area contributed by atoms with E-state index < -0.39 is 9.84 Å². The Bertz CT molecular complexity index is 509. The summed E-state index contributed by atoms with van der Waals surface area (Å²) in [5.41, 5.74) is -0.336. The van der Waals surface area contributed by atoms with Crippen LogP contribution in [-0.4, -0.2) is 34.8 Å². The molecule has 15 heavy (non-hydrogen) atoms. The van der Waals surface area contributed by atoms with Crippen molar-refractivity contribution in [1.82, 2.24) is 14.3 Å². The van der Waals surface area contributed by atoms with Gasteiger partial charge in [0.15, 0.2) is 0 Å². The first-order valence-electron chi connectivity index (χ1n) is 4.38. The Labute approximate surface area is 87.8 Å². The van der Waals surface area contributed by atoms with Gasteiger partial charge in [0.25, 0.3) is 0 Å².